The van der Waals surface area contributed by atoms with Gasteiger partial charge in [-0.25, -0.2) is 0 Å². The molecule has 3 nitrogen and oxygen atoms in total. The van der Waals surface area contributed by atoms with Crippen LogP contribution in [0.15, 0.2) is 0 Å². The molecule has 0 aromatic rings. The predicted octanol–water partition coefficient (Wildman–Crippen LogP) is 5.45. The Morgan fingerprint density at radius 1 is 0.957 bits per heavy atom. The van der Waals surface area contributed by atoms with Crippen LogP contribution >= 0.6 is 0 Å². The van der Waals surface area contributed by atoms with Crippen LogP contribution in [0.1, 0.15) is 98.3 Å². The highest BCUT2D eigenvalue weighted by atomic mass is 16.7. The van der Waals surface area contributed by atoms with E-state index in [4.69, 9.17) is 9.47 Å². The lowest BCUT2D eigenvalue weighted by Gasteiger charge is -2.31. The Hall–Kier alpha value is -0.120. The number of hydrogen-bond acceptors (Lipinski definition) is 3. The average molecular weight is 329 g/mol. The van der Waals surface area contributed by atoms with Crippen molar-refractivity contribution in [1.82, 2.24) is 0 Å². The smallest absolute Gasteiger partial charge is 0.168 e. The Labute approximate surface area is 144 Å². The van der Waals surface area contributed by atoms with Crippen LogP contribution in [-0.4, -0.2) is 29.7 Å². The lowest BCUT2D eigenvalue weighted by molar-refractivity contribution is -0.170. The van der Waals surface area contributed by atoms with Gasteiger partial charge in [0, 0.05) is 12.8 Å². The van der Waals surface area contributed by atoms with Crippen LogP contribution in [-0.2, 0) is 9.47 Å². The molecular formula is C20H40O3. The number of rotatable bonds is 4. The highest BCUT2D eigenvalue weighted by molar-refractivity contribution is 4.78. The van der Waals surface area contributed by atoms with Crippen LogP contribution in [0.2, 0.25) is 0 Å². The van der Waals surface area contributed by atoms with Gasteiger partial charge in [0.1, 0.15) is 0 Å². The second kappa shape index (κ2) is 10.7. The van der Waals surface area contributed by atoms with Gasteiger partial charge in [0.05, 0.1) is 18.8 Å². The zero-order valence-corrected chi connectivity index (χ0v) is 16.0. The van der Waals surface area contributed by atoms with Crippen molar-refractivity contribution in [3.63, 3.8) is 0 Å². The minimum atomic E-state index is -0.519. The molecule has 2 fully saturated rings. The molecule has 0 aromatic heterocycles. The van der Waals surface area contributed by atoms with Crippen LogP contribution in [0.3, 0.4) is 0 Å². The van der Waals surface area contributed by atoms with Crippen LogP contribution in [0.5, 0.6) is 0 Å². The Balaban J connectivity index is 0.00000127. The fourth-order valence-electron chi connectivity index (χ4n) is 3.77. The molecule has 2 rings (SSSR count). The fourth-order valence-corrected chi connectivity index (χ4v) is 3.77. The number of ether oxygens (including phenoxy) is 2. The molecule has 0 amide bonds. The molecule has 0 bridgehead atoms. The molecule has 0 unspecified atom stereocenters. The molecule has 1 saturated heterocycles. The molecule has 1 atom stereocenters. The summed E-state index contributed by atoms with van der Waals surface area (Å²) < 4.78 is 11.9. The van der Waals surface area contributed by atoms with E-state index >= 15 is 0 Å². The first-order valence-corrected chi connectivity index (χ1v) is 9.99. The van der Waals surface area contributed by atoms with Crippen LogP contribution in [0.4, 0.5) is 0 Å². The van der Waals surface area contributed by atoms with Crippen molar-refractivity contribution < 1.29 is 14.6 Å². The van der Waals surface area contributed by atoms with Crippen LogP contribution < -0.4 is 0 Å². The summed E-state index contributed by atoms with van der Waals surface area (Å²) in [5.41, 5.74) is -0.519. The SMILES string of the molecule is CC.CC(C)(O)CCC[C@@H]1CCCCCCC2(CC1)OCCO2. The second-order valence-corrected chi connectivity index (χ2v) is 7.67. The maximum Gasteiger partial charge on any atom is 0.168 e. The Morgan fingerprint density at radius 3 is 2.26 bits per heavy atom. The van der Waals surface area contributed by atoms with Crippen LogP contribution in [0.25, 0.3) is 0 Å². The molecular weight excluding hydrogens is 288 g/mol. The van der Waals surface area contributed by atoms with E-state index in [0.29, 0.717) is 0 Å². The molecule has 138 valence electrons. The first-order chi connectivity index (χ1) is 11.0. The van der Waals surface area contributed by atoms with Crippen molar-refractivity contribution in [2.45, 2.75) is 110 Å². The predicted molar refractivity (Wildman–Crippen MR) is 96.6 cm³/mol. The molecule has 1 saturated carbocycles. The monoisotopic (exact) mass is 328 g/mol. The first-order valence-electron chi connectivity index (χ1n) is 9.99. The van der Waals surface area contributed by atoms with E-state index in [1.807, 2.05) is 27.7 Å². The van der Waals surface area contributed by atoms with Crippen molar-refractivity contribution in [3.05, 3.63) is 0 Å². The summed E-state index contributed by atoms with van der Waals surface area (Å²) in [5.74, 6) is 0.515. The van der Waals surface area contributed by atoms with Gasteiger partial charge in [-0.1, -0.05) is 52.4 Å². The van der Waals surface area contributed by atoms with Crippen molar-refractivity contribution in [2.75, 3.05) is 13.2 Å². The van der Waals surface area contributed by atoms with Gasteiger partial charge in [-0.2, -0.15) is 0 Å². The van der Waals surface area contributed by atoms with Gasteiger partial charge in [-0.3, -0.25) is 0 Å². The molecule has 1 aliphatic heterocycles. The van der Waals surface area contributed by atoms with Gasteiger partial charge in [-0.05, 0) is 39.0 Å². The van der Waals surface area contributed by atoms with E-state index in [1.54, 1.807) is 0 Å². The molecule has 1 aliphatic carbocycles. The Bertz CT molecular complexity index is 290. The quantitative estimate of drug-likeness (QED) is 0.746. The average Bonchev–Trinajstić information content (AvgIpc) is 2.97. The topological polar surface area (TPSA) is 38.7 Å². The van der Waals surface area contributed by atoms with Gasteiger partial charge < -0.3 is 14.6 Å². The third-order valence-corrected chi connectivity index (χ3v) is 5.07. The first kappa shape index (κ1) is 20.9. The Kier molecular flexibility index (Phi) is 9.72. The summed E-state index contributed by atoms with van der Waals surface area (Å²) in [6.45, 7) is 9.36. The molecule has 3 heteroatoms. The van der Waals surface area contributed by atoms with E-state index in [9.17, 15) is 5.11 Å². The third kappa shape index (κ3) is 8.51. The zero-order valence-electron chi connectivity index (χ0n) is 16.0. The molecule has 23 heavy (non-hydrogen) atoms. The lowest BCUT2D eigenvalue weighted by Crippen LogP contribution is -2.31. The summed E-state index contributed by atoms with van der Waals surface area (Å²) in [4.78, 5) is 0. The maximum absolute atomic E-state index is 9.86. The van der Waals surface area contributed by atoms with Crippen molar-refractivity contribution in [2.24, 2.45) is 5.92 Å². The van der Waals surface area contributed by atoms with Crippen molar-refractivity contribution in [3.8, 4) is 0 Å². The highest BCUT2D eigenvalue weighted by Gasteiger charge is 2.36. The molecule has 1 heterocycles. The summed E-state index contributed by atoms with van der Waals surface area (Å²) in [6, 6.07) is 0. The van der Waals surface area contributed by atoms with Gasteiger partial charge >= 0.3 is 0 Å². The largest absolute Gasteiger partial charge is 0.390 e. The van der Waals surface area contributed by atoms with Crippen LogP contribution in [0, 0.1) is 5.92 Å². The maximum atomic E-state index is 9.86. The van der Waals surface area contributed by atoms with Gasteiger partial charge in [0.2, 0.25) is 0 Å². The number of aliphatic hydroxyl groups is 1. The second-order valence-electron chi connectivity index (χ2n) is 7.67. The summed E-state index contributed by atoms with van der Waals surface area (Å²) in [5, 5.41) is 9.86. The normalized spacial score (nSPS) is 25.7. The molecule has 0 aromatic carbocycles. The van der Waals surface area contributed by atoms with E-state index in [-0.39, 0.29) is 5.79 Å². The Morgan fingerprint density at radius 2 is 1.61 bits per heavy atom. The van der Waals surface area contributed by atoms with E-state index in [0.717, 1.165) is 44.8 Å². The minimum Gasteiger partial charge on any atom is -0.390 e. The van der Waals surface area contributed by atoms with Gasteiger partial charge in [0.25, 0.3) is 0 Å². The summed E-state index contributed by atoms with van der Waals surface area (Å²) in [6.07, 6.45) is 13.2. The third-order valence-electron chi connectivity index (χ3n) is 5.07. The van der Waals surface area contributed by atoms with Gasteiger partial charge in [0.15, 0.2) is 5.79 Å². The molecule has 0 radical (unpaired) electrons. The van der Waals surface area contributed by atoms with Crippen molar-refractivity contribution in [1.29, 1.82) is 0 Å². The summed E-state index contributed by atoms with van der Waals surface area (Å²) in [7, 11) is 0. The van der Waals surface area contributed by atoms with Gasteiger partial charge in [-0.15, -0.1) is 0 Å². The standard InChI is InChI=1S/C18H34O3.C2H6/c1-17(2,19)11-7-9-16-8-5-3-4-6-12-18(13-10-16)20-14-15-21-18;1-2/h16,19H,3-15H2,1-2H3;1-2H3/t16-;/m0./s1. The van der Waals surface area contributed by atoms with E-state index in [2.05, 4.69) is 0 Å². The number of hydrogen-bond donors (Lipinski definition) is 1. The fraction of sp³-hybridized carbons (Fsp3) is 1.00. The van der Waals surface area contributed by atoms with Crippen molar-refractivity contribution >= 4 is 0 Å². The lowest BCUT2D eigenvalue weighted by atomic mass is 9.85. The minimum absolute atomic E-state index is 0.258. The highest BCUT2D eigenvalue weighted by Crippen LogP contribution is 2.35. The zero-order chi connectivity index (χ0) is 17.2. The summed E-state index contributed by atoms with van der Waals surface area (Å²) >= 11 is 0. The van der Waals surface area contributed by atoms with E-state index < -0.39 is 5.60 Å². The van der Waals surface area contributed by atoms with E-state index in [1.165, 1.54) is 44.9 Å². The molecule has 1 spiro atoms. The molecule has 1 N–H and O–H groups in total. The molecule has 2 aliphatic rings.